The van der Waals surface area contributed by atoms with Crippen molar-refractivity contribution in [3.05, 3.63) is 35.4 Å². The number of H-pyrrole nitrogens is 1. The number of hydrogen-bond donors (Lipinski definition) is 14. The van der Waals surface area contributed by atoms with E-state index in [9.17, 15) is 77.6 Å². The first-order chi connectivity index (χ1) is 43.8. The number of carbonyl (C=O) groups excluding carboxylic acids is 13. The van der Waals surface area contributed by atoms with Crippen LogP contribution in [-0.4, -0.2) is 224 Å². The first-order valence-electron chi connectivity index (χ1n) is 30.7. The molecule has 0 spiro atoms. The van der Waals surface area contributed by atoms with Gasteiger partial charge in [0.05, 0.1) is 67.5 Å². The van der Waals surface area contributed by atoms with Crippen molar-refractivity contribution >= 4 is 110 Å². The lowest BCUT2D eigenvalue weighted by molar-refractivity contribution is -0.144. The Morgan fingerprint density at radius 1 is 0.783 bits per heavy atom. The van der Waals surface area contributed by atoms with Gasteiger partial charge in [-0.3, -0.25) is 71.4 Å². The van der Waals surface area contributed by atoms with Crippen LogP contribution in [0, 0.1) is 11.8 Å². The Balaban J connectivity index is 1.28. The number of unbranched alkanes of at least 4 members (excludes halogenated alkanes) is 4. The molecule has 4 aliphatic rings. The summed E-state index contributed by atoms with van der Waals surface area (Å²) in [5, 5.41) is 55.3. The molecule has 0 radical (unpaired) electrons. The molecule has 4 aliphatic heterocycles. The van der Waals surface area contributed by atoms with E-state index in [0.717, 1.165) is 4.90 Å². The van der Waals surface area contributed by atoms with Crippen molar-refractivity contribution in [2.24, 2.45) is 17.6 Å². The van der Waals surface area contributed by atoms with Crippen molar-refractivity contribution in [3.63, 3.8) is 0 Å². The highest BCUT2D eigenvalue weighted by Gasteiger charge is 2.45. The Labute approximate surface area is 537 Å². The standard InChI is InChI=1S/C59H85N13O18S2/c1-5-31(2)50-56(86)64-25-46(79)65-39-30-92(89)58-35(34-14-15-42(90-4)36(52(34)70-58)29-91-21-19-62-45(78)12-8-6-10-18-61-44(77)13-9-7-11-20-71-48(81)16-17-49(71)82)23-37(53(83)63-26-47(80)68-50)66-57(87)51(32(3)41(75)28-73)69-55(85)40-22-33(74)27-72(40)59(88)38(24-43(60)76)67-54(39)84/h14-17,31-33,37-41,50-51,70,73-75H,5-13,18-30H2,1-4H3,(H2,60,76)(H,61,77)(H,62,78)(H,63,83)(H,64,86)(H,65,79)(H,66,87)(H,67,84)(H,68,80)(H,69,85)/t31-,32-,33+,37-,38-,39-,40-,41-,50-,51-,92?/m0/s1. The molecular weight excluding hydrogens is 1240 g/mol. The number of benzene rings is 1. The maximum atomic E-state index is 15.3. The van der Waals surface area contributed by atoms with Crippen molar-refractivity contribution < 1.29 is 86.6 Å². The molecule has 92 heavy (non-hydrogen) atoms. The van der Waals surface area contributed by atoms with E-state index in [1.54, 1.807) is 26.0 Å². The lowest BCUT2D eigenvalue weighted by atomic mass is 9.93. The van der Waals surface area contributed by atoms with Crippen LogP contribution in [0.5, 0.6) is 5.75 Å². The van der Waals surface area contributed by atoms with Gasteiger partial charge >= 0.3 is 0 Å². The van der Waals surface area contributed by atoms with Crippen LogP contribution in [0.25, 0.3) is 10.9 Å². The molecule has 1 saturated heterocycles. The number of rotatable bonds is 25. The number of amides is 13. The predicted octanol–water partition coefficient (Wildman–Crippen LogP) is -4.11. The fourth-order valence-corrected chi connectivity index (χ4v) is 13.2. The number of fused-ring (bicyclic) bond motifs is 5. The number of aliphatic hydroxyl groups excluding tert-OH is 3. The number of aromatic nitrogens is 1. The SMILES string of the molecule is CC[C@H](C)[C@@H]1NC(=O)CNC(=O)[C@@H]2Cc3c([nH]c4c(CSCCNC(=O)CCCCCNC(=O)CCCCCN5C(=O)C=CC5=O)c(OC)ccc34)S(=O)C[C@H](NC(=O)CNC1=O)C(=O)N[C@@H](CC(N)=O)C(=O)N1C[C@H](O)C[C@H]1C(=O)N[C@@H]([C@@H](C)[C@@H](O)CO)C(=O)N2. The number of aliphatic hydroxyl groups is 3. The Kier molecular flexibility index (Phi) is 27.9. The van der Waals surface area contributed by atoms with Crippen molar-refractivity contribution in [2.45, 2.75) is 157 Å². The van der Waals surface area contributed by atoms with Crippen molar-refractivity contribution in [2.75, 3.05) is 64.5 Å². The zero-order chi connectivity index (χ0) is 67.3. The van der Waals surface area contributed by atoms with Gasteiger partial charge < -0.3 is 83.5 Å². The normalized spacial score (nSPS) is 24.0. The van der Waals surface area contributed by atoms with Gasteiger partial charge in [-0.1, -0.05) is 40.0 Å². The quantitative estimate of drug-likeness (QED) is 0.0332. The molecule has 2 aromatic rings. The Bertz CT molecular complexity index is 3130. The predicted molar refractivity (Wildman–Crippen MR) is 332 cm³/mol. The summed E-state index contributed by atoms with van der Waals surface area (Å²) in [4.78, 5) is 181. The van der Waals surface area contributed by atoms with Gasteiger partial charge in [-0.15, -0.1) is 0 Å². The first-order valence-corrected chi connectivity index (χ1v) is 33.2. The van der Waals surface area contributed by atoms with Gasteiger partial charge in [-0.05, 0) is 49.3 Å². The third-order valence-corrected chi connectivity index (χ3v) is 18.8. The summed E-state index contributed by atoms with van der Waals surface area (Å²) in [6.45, 7) is 2.62. The molecule has 0 aliphatic carbocycles. The van der Waals surface area contributed by atoms with E-state index in [1.165, 1.54) is 42.8 Å². The zero-order valence-corrected chi connectivity index (χ0v) is 53.5. The van der Waals surface area contributed by atoms with E-state index in [2.05, 4.69) is 52.8 Å². The Morgan fingerprint density at radius 2 is 1.43 bits per heavy atom. The molecule has 13 amide bonds. The summed E-state index contributed by atoms with van der Waals surface area (Å²) in [5.74, 6) is -12.2. The van der Waals surface area contributed by atoms with Gasteiger partial charge in [0.15, 0.2) is 0 Å². The number of hydrogen-bond acceptors (Lipinski definition) is 19. The van der Waals surface area contributed by atoms with E-state index < -0.39 is 176 Å². The average molecular weight is 1330 g/mol. The summed E-state index contributed by atoms with van der Waals surface area (Å²) in [7, 11) is -1.06. The van der Waals surface area contributed by atoms with Crippen molar-refractivity contribution in [1.82, 2.24) is 62.6 Å². The number of primary amides is 1. The number of methoxy groups -OCH3 is 1. The number of aromatic amines is 1. The van der Waals surface area contributed by atoms with Crippen LogP contribution < -0.4 is 58.3 Å². The molecule has 15 N–H and O–H groups in total. The summed E-state index contributed by atoms with van der Waals surface area (Å²) < 4.78 is 21.1. The van der Waals surface area contributed by atoms with Crippen LogP contribution in [0.4, 0.5) is 0 Å². The van der Waals surface area contributed by atoms with Gasteiger partial charge in [0.1, 0.15) is 47.0 Å². The molecule has 1 aromatic heterocycles. The van der Waals surface area contributed by atoms with Gasteiger partial charge in [0.25, 0.3) is 11.8 Å². The minimum Gasteiger partial charge on any atom is -0.496 e. The topological polar surface area (TPSA) is 465 Å². The van der Waals surface area contributed by atoms with Crippen LogP contribution in [0.3, 0.4) is 0 Å². The minimum absolute atomic E-state index is 0.0859. The van der Waals surface area contributed by atoms with Crippen LogP contribution in [0.15, 0.2) is 29.3 Å². The molecule has 506 valence electrons. The van der Waals surface area contributed by atoms with Crippen LogP contribution in [0.1, 0.15) is 103 Å². The smallest absolute Gasteiger partial charge is 0.253 e. The fourth-order valence-electron chi connectivity index (χ4n) is 11.0. The fraction of sp³-hybridized carbons (Fsp3) is 0.610. The van der Waals surface area contributed by atoms with Crippen LogP contribution in [-0.2, 0) is 85.3 Å². The molecule has 31 nitrogen and oxygen atoms in total. The second kappa shape index (κ2) is 35.1. The lowest BCUT2D eigenvalue weighted by Crippen LogP contribution is -2.62. The highest BCUT2D eigenvalue weighted by Crippen LogP contribution is 2.36. The largest absolute Gasteiger partial charge is 0.496 e. The summed E-state index contributed by atoms with van der Waals surface area (Å²) in [6.07, 6.45) is 2.16. The number of nitrogens with one attached hydrogen (secondary N) is 10. The van der Waals surface area contributed by atoms with E-state index in [0.29, 0.717) is 92.4 Å². The molecule has 5 heterocycles. The minimum atomic E-state index is -2.47. The van der Waals surface area contributed by atoms with E-state index >= 15 is 4.21 Å². The molecule has 1 fully saturated rings. The van der Waals surface area contributed by atoms with Crippen molar-refractivity contribution in [3.8, 4) is 5.75 Å². The van der Waals surface area contributed by atoms with E-state index in [-0.39, 0.29) is 52.9 Å². The molecule has 6 rings (SSSR count). The maximum Gasteiger partial charge on any atom is 0.253 e. The van der Waals surface area contributed by atoms with Crippen LogP contribution in [0.2, 0.25) is 0 Å². The lowest BCUT2D eigenvalue weighted by Gasteiger charge is -2.32. The van der Waals surface area contributed by atoms with Gasteiger partial charge in [0, 0.05) is 92.4 Å². The molecule has 11 atom stereocenters. The molecule has 0 saturated carbocycles. The summed E-state index contributed by atoms with van der Waals surface area (Å²) >= 11 is 1.38. The molecular formula is C59H85N13O18S2. The Hall–Kier alpha value is -8.01. The number of thioether (sulfide) groups is 1. The second-order valence-corrected chi connectivity index (χ2v) is 25.7. The number of ether oxygens (including phenoxy) is 1. The van der Waals surface area contributed by atoms with Crippen LogP contribution >= 0.6 is 11.8 Å². The highest BCUT2D eigenvalue weighted by molar-refractivity contribution is 7.98. The zero-order valence-electron chi connectivity index (χ0n) is 51.9. The molecule has 1 unspecified atom stereocenters. The van der Waals surface area contributed by atoms with E-state index in [1.807, 2.05) is 0 Å². The molecule has 1 aromatic carbocycles. The average Bonchev–Trinajstić information content (AvgIpc) is 1.63. The van der Waals surface area contributed by atoms with Gasteiger partial charge in [-0.2, -0.15) is 11.8 Å². The monoisotopic (exact) mass is 1330 g/mol. The first kappa shape index (κ1) is 73.0. The van der Waals surface area contributed by atoms with E-state index in [4.69, 9.17) is 10.5 Å². The third-order valence-electron chi connectivity index (χ3n) is 16.4. The number of carbonyl (C=O) groups is 13. The molecule has 2 bridgehead atoms. The highest BCUT2D eigenvalue weighted by atomic mass is 32.2. The third kappa shape index (κ3) is 20.2. The number of nitrogens with zero attached hydrogens (tertiary/aromatic N) is 2. The number of imide groups is 1. The maximum absolute atomic E-state index is 15.3. The Morgan fingerprint density at radius 3 is 2.09 bits per heavy atom. The van der Waals surface area contributed by atoms with Crippen molar-refractivity contribution in [1.29, 1.82) is 0 Å². The van der Waals surface area contributed by atoms with Gasteiger partial charge in [-0.25, -0.2) is 0 Å². The van der Waals surface area contributed by atoms with Gasteiger partial charge in [0.2, 0.25) is 65.0 Å². The summed E-state index contributed by atoms with van der Waals surface area (Å²) in [5.41, 5.74) is 6.46. The second-order valence-electron chi connectivity index (χ2n) is 23.1. The molecule has 33 heteroatoms. The summed E-state index contributed by atoms with van der Waals surface area (Å²) in [6, 6.07) is -7.08. The number of nitrogens with two attached hydrogens (primary N) is 1.